The Hall–Kier alpha value is -0.570. The average Bonchev–Trinajstić information content (AvgIpc) is 2.39. The first-order valence-corrected chi connectivity index (χ1v) is 8.35. The molecule has 2 saturated carbocycles. The molecule has 0 heterocycles. The van der Waals surface area contributed by atoms with Crippen molar-refractivity contribution < 1.29 is 9.90 Å². The molecule has 0 amide bonds. The highest BCUT2D eigenvalue weighted by Crippen LogP contribution is 2.42. The van der Waals surface area contributed by atoms with E-state index in [0.717, 1.165) is 38.5 Å². The van der Waals surface area contributed by atoms with Gasteiger partial charge in [-0.2, -0.15) is 0 Å². The van der Waals surface area contributed by atoms with Gasteiger partial charge < -0.3 is 5.11 Å². The molecule has 0 aromatic carbocycles. The van der Waals surface area contributed by atoms with Crippen molar-refractivity contribution in [3.63, 3.8) is 0 Å². The summed E-state index contributed by atoms with van der Waals surface area (Å²) in [4.78, 5) is 11.8. The van der Waals surface area contributed by atoms with Crippen molar-refractivity contribution in [1.82, 2.24) is 5.32 Å². The SMILES string of the molecule is CC(C)(C)C1CCC(NC2CCCCC2)(C(=O)O)CC1. The molecule has 0 bridgehead atoms. The molecule has 0 aliphatic heterocycles. The lowest BCUT2D eigenvalue weighted by atomic mass is 9.67. The fraction of sp³-hybridized carbons (Fsp3) is 0.941. The van der Waals surface area contributed by atoms with Gasteiger partial charge in [0.15, 0.2) is 0 Å². The first kappa shape index (κ1) is 15.8. The van der Waals surface area contributed by atoms with Crippen molar-refractivity contribution in [2.75, 3.05) is 0 Å². The Balaban J connectivity index is 1.99. The molecule has 0 unspecified atom stereocenters. The lowest BCUT2D eigenvalue weighted by Gasteiger charge is -2.44. The monoisotopic (exact) mass is 281 g/mol. The van der Waals surface area contributed by atoms with E-state index in [1.807, 2.05) is 0 Å². The third-order valence-electron chi connectivity index (χ3n) is 5.56. The molecule has 3 heteroatoms. The van der Waals surface area contributed by atoms with E-state index < -0.39 is 11.5 Å². The maximum Gasteiger partial charge on any atom is 0.323 e. The van der Waals surface area contributed by atoms with E-state index in [9.17, 15) is 9.90 Å². The number of hydrogen-bond acceptors (Lipinski definition) is 2. The van der Waals surface area contributed by atoms with Crippen molar-refractivity contribution in [2.24, 2.45) is 11.3 Å². The Morgan fingerprint density at radius 2 is 1.60 bits per heavy atom. The van der Waals surface area contributed by atoms with E-state index in [-0.39, 0.29) is 0 Å². The number of hydrogen-bond donors (Lipinski definition) is 2. The zero-order chi connectivity index (χ0) is 14.8. The van der Waals surface area contributed by atoms with Gasteiger partial charge in [0.2, 0.25) is 0 Å². The lowest BCUT2D eigenvalue weighted by molar-refractivity contribution is -0.148. The van der Waals surface area contributed by atoms with E-state index in [4.69, 9.17) is 0 Å². The molecule has 2 aliphatic rings. The minimum Gasteiger partial charge on any atom is -0.480 e. The molecule has 3 nitrogen and oxygen atoms in total. The van der Waals surface area contributed by atoms with Gasteiger partial charge in [-0.25, -0.2) is 0 Å². The summed E-state index contributed by atoms with van der Waals surface area (Å²) in [5.74, 6) is 0.0264. The van der Waals surface area contributed by atoms with E-state index in [0.29, 0.717) is 17.4 Å². The fourth-order valence-corrected chi connectivity index (χ4v) is 4.03. The van der Waals surface area contributed by atoms with Crippen LogP contribution in [0.15, 0.2) is 0 Å². The second-order valence-electron chi connectivity index (χ2n) is 8.01. The molecule has 116 valence electrons. The Labute approximate surface area is 123 Å². The molecule has 2 N–H and O–H groups in total. The predicted octanol–water partition coefficient (Wildman–Crippen LogP) is 3.97. The van der Waals surface area contributed by atoms with Crippen LogP contribution < -0.4 is 5.32 Å². The highest BCUT2D eigenvalue weighted by Gasteiger charge is 2.45. The lowest BCUT2D eigenvalue weighted by Crippen LogP contribution is -2.58. The summed E-state index contributed by atoms with van der Waals surface area (Å²) in [6.45, 7) is 6.83. The van der Waals surface area contributed by atoms with Gasteiger partial charge in [0, 0.05) is 6.04 Å². The first-order valence-electron chi connectivity index (χ1n) is 8.35. The Morgan fingerprint density at radius 3 is 2.05 bits per heavy atom. The first-order chi connectivity index (χ1) is 9.33. The number of nitrogens with one attached hydrogen (secondary N) is 1. The van der Waals surface area contributed by atoms with E-state index in [1.165, 1.54) is 19.3 Å². The van der Waals surface area contributed by atoms with Gasteiger partial charge in [-0.3, -0.25) is 10.1 Å². The second-order valence-corrected chi connectivity index (χ2v) is 8.01. The summed E-state index contributed by atoms with van der Waals surface area (Å²) >= 11 is 0. The normalized spacial score (nSPS) is 33.0. The molecule has 0 spiro atoms. The zero-order valence-corrected chi connectivity index (χ0v) is 13.4. The summed E-state index contributed by atoms with van der Waals surface area (Å²) in [6, 6.07) is 0.422. The Bertz CT molecular complexity index is 331. The van der Waals surface area contributed by atoms with Gasteiger partial charge in [-0.15, -0.1) is 0 Å². The van der Waals surface area contributed by atoms with Gasteiger partial charge >= 0.3 is 5.97 Å². The highest BCUT2D eigenvalue weighted by molar-refractivity contribution is 5.79. The third-order valence-corrected chi connectivity index (χ3v) is 5.56. The van der Waals surface area contributed by atoms with Gasteiger partial charge in [0.05, 0.1) is 0 Å². The number of carboxylic acid groups (broad SMARTS) is 1. The second kappa shape index (κ2) is 6.05. The van der Waals surface area contributed by atoms with Crippen molar-refractivity contribution in [1.29, 1.82) is 0 Å². The quantitative estimate of drug-likeness (QED) is 0.823. The van der Waals surface area contributed by atoms with Crippen LogP contribution in [-0.4, -0.2) is 22.7 Å². The van der Waals surface area contributed by atoms with Crippen LogP contribution >= 0.6 is 0 Å². The molecule has 20 heavy (non-hydrogen) atoms. The summed E-state index contributed by atoms with van der Waals surface area (Å²) in [5, 5.41) is 13.3. The van der Waals surface area contributed by atoms with Crippen LogP contribution in [0.4, 0.5) is 0 Å². The van der Waals surface area contributed by atoms with E-state index >= 15 is 0 Å². The molecule has 0 atom stereocenters. The molecule has 2 fully saturated rings. The molecule has 0 saturated heterocycles. The summed E-state index contributed by atoms with van der Waals surface area (Å²) in [5.41, 5.74) is -0.348. The average molecular weight is 281 g/mol. The van der Waals surface area contributed by atoms with Crippen molar-refractivity contribution in [3.05, 3.63) is 0 Å². The minimum atomic E-state index is -0.649. The minimum absolute atomic E-state index is 0.301. The van der Waals surface area contributed by atoms with Crippen LogP contribution in [0.2, 0.25) is 0 Å². The molecule has 0 radical (unpaired) electrons. The fourth-order valence-electron chi connectivity index (χ4n) is 4.03. The maximum absolute atomic E-state index is 11.8. The number of aliphatic carboxylic acids is 1. The van der Waals surface area contributed by atoms with Crippen LogP contribution in [0.25, 0.3) is 0 Å². The molecule has 2 rings (SSSR count). The molecule has 2 aliphatic carbocycles. The van der Waals surface area contributed by atoms with Gasteiger partial charge in [-0.05, 0) is 49.9 Å². The van der Waals surface area contributed by atoms with Gasteiger partial charge in [0.1, 0.15) is 5.54 Å². The number of rotatable bonds is 3. The van der Waals surface area contributed by atoms with Crippen LogP contribution in [-0.2, 0) is 4.79 Å². The van der Waals surface area contributed by atoms with E-state index in [1.54, 1.807) is 0 Å². The van der Waals surface area contributed by atoms with Crippen molar-refractivity contribution in [3.8, 4) is 0 Å². The maximum atomic E-state index is 11.8. The molecule has 0 aromatic heterocycles. The third kappa shape index (κ3) is 3.55. The standard InChI is InChI=1S/C17H31NO2/c1-16(2,3)13-9-11-17(12-10-13,15(19)20)18-14-7-5-4-6-8-14/h13-14,18H,4-12H2,1-3H3,(H,19,20). The van der Waals surface area contributed by atoms with Gasteiger partial charge in [-0.1, -0.05) is 40.0 Å². The summed E-state index contributed by atoms with van der Waals surface area (Å²) < 4.78 is 0. The predicted molar refractivity (Wildman–Crippen MR) is 81.8 cm³/mol. The van der Waals surface area contributed by atoms with Crippen LogP contribution in [0, 0.1) is 11.3 Å². The number of carbonyl (C=O) groups is 1. The van der Waals surface area contributed by atoms with Crippen molar-refractivity contribution >= 4 is 5.97 Å². The largest absolute Gasteiger partial charge is 0.480 e. The summed E-state index contributed by atoms with van der Waals surface area (Å²) in [7, 11) is 0. The summed E-state index contributed by atoms with van der Waals surface area (Å²) in [6.07, 6.45) is 9.77. The zero-order valence-electron chi connectivity index (χ0n) is 13.4. The Kier molecular flexibility index (Phi) is 4.78. The van der Waals surface area contributed by atoms with Crippen LogP contribution in [0.5, 0.6) is 0 Å². The van der Waals surface area contributed by atoms with E-state index in [2.05, 4.69) is 26.1 Å². The topological polar surface area (TPSA) is 49.3 Å². The van der Waals surface area contributed by atoms with Crippen LogP contribution in [0.3, 0.4) is 0 Å². The Morgan fingerprint density at radius 1 is 1.05 bits per heavy atom. The molecule has 0 aromatic rings. The highest BCUT2D eigenvalue weighted by atomic mass is 16.4. The molecular weight excluding hydrogens is 250 g/mol. The number of carboxylic acids is 1. The van der Waals surface area contributed by atoms with Gasteiger partial charge in [0.25, 0.3) is 0 Å². The van der Waals surface area contributed by atoms with Crippen molar-refractivity contribution in [2.45, 2.75) is 90.1 Å². The molecular formula is C17H31NO2. The smallest absolute Gasteiger partial charge is 0.323 e. The van der Waals surface area contributed by atoms with Crippen LogP contribution in [0.1, 0.15) is 78.6 Å².